The normalized spacial score (nSPS) is 11.1. The highest BCUT2D eigenvalue weighted by atomic mass is 32.1. The van der Waals surface area contributed by atoms with Crippen molar-refractivity contribution in [3.8, 4) is 0 Å². The van der Waals surface area contributed by atoms with Gasteiger partial charge in [-0.15, -0.1) is 11.3 Å². The average molecular weight is 307 g/mol. The number of rotatable bonds is 4. The first-order chi connectivity index (χ1) is 10.6. The summed E-state index contributed by atoms with van der Waals surface area (Å²) in [5, 5.41) is 13.0. The van der Waals surface area contributed by atoms with E-state index in [-0.39, 0.29) is 10.7 Å². The van der Waals surface area contributed by atoms with Gasteiger partial charge in [0.15, 0.2) is 5.78 Å². The van der Waals surface area contributed by atoms with Crippen LogP contribution in [0.5, 0.6) is 0 Å². The second kappa shape index (κ2) is 5.95. The minimum absolute atomic E-state index is 0.0578. The molecule has 0 bridgehead atoms. The number of carboxylic acid groups (broad SMARTS) is 1. The van der Waals surface area contributed by atoms with Crippen molar-refractivity contribution < 1.29 is 14.7 Å². The lowest BCUT2D eigenvalue weighted by atomic mass is 10.1. The molecule has 0 saturated carbocycles. The second-order valence-electron chi connectivity index (χ2n) is 4.76. The second-order valence-corrected chi connectivity index (χ2v) is 5.84. The van der Waals surface area contributed by atoms with Gasteiger partial charge in [-0.05, 0) is 40.6 Å². The van der Waals surface area contributed by atoms with Crippen molar-refractivity contribution in [2.75, 3.05) is 0 Å². The largest absolute Gasteiger partial charge is 0.544 e. The Balaban J connectivity index is 1.82. The van der Waals surface area contributed by atoms with Crippen molar-refractivity contribution in [2.45, 2.75) is 0 Å². The van der Waals surface area contributed by atoms with Crippen LogP contribution in [0.25, 0.3) is 16.8 Å². The average Bonchev–Trinajstić information content (AvgIpc) is 3.03. The fourth-order valence-electron chi connectivity index (χ4n) is 2.15. The number of carbonyl (C=O) groups is 2. The third-order valence-electron chi connectivity index (χ3n) is 3.25. The number of fused-ring (bicyclic) bond motifs is 1. The monoisotopic (exact) mass is 307 g/mol. The van der Waals surface area contributed by atoms with Crippen LogP contribution in [0.1, 0.15) is 24.9 Å². The van der Waals surface area contributed by atoms with E-state index in [4.69, 9.17) is 0 Å². The summed E-state index contributed by atoms with van der Waals surface area (Å²) in [5.74, 6) is -1.48. The summed E-state index contributed by atoms with van der Waals surface area (Å²) in [5.41, 5.74) is 0.920. The molecule has 0 aliphatic rings. The maximum Gasteiger partial charge on any atom is 0.195 e. The van der Waals surface area contributed by atoms with E-state index < -0.39 is 5.97 Å². The molecule has 2 aromatic carbocycles. The van der Waals surface area contributed by atoms with E-state index in [0.29, 0.717) is 4.88 Å². The molecule has 0 spiro atoms. The molecule has 0 unspecified atom stereocenters. The Morgan fingerprint density at radius 3 is 2.36 bits per heavy atom. The molecule has 0 aliphatic carbocycles. The summed E-state index contributed by atoms with van der Waals surface area (Å²) >= 11 is 0.924. The number of carboxylic acids is 1. The highest BCUT2D eigenvalue weighted by Gasteiger charge is 2.06. The van der Waals surface area contributed by atoms with Gasteiger partial charge < -0.3 is 9.90 Å². The Hall–Kier alpha value is -2.72. The third kappa shape index (κ3) is 2.97. The Kier molecular flexibility index (Phi) is 3.85. The summed E-state index contributed by atoms with van der Waals surface area (Å²) in [6.07, 6.45) is 3.18. The van der Waals surface area contributed by atoms with Crippen molar-refractivity contribution in [1.82, 2.24) is 0 Å². The molecule has 0 fully saturated rings. The predicted molar refractivity (Wildman–Crippen MR) is 86.0 cm³/mol. The Morgan fingerprint density at radius 2 is 1.64 bits per heavy atom. The van der Waals surface area contributed by atoms with Crippen LogP contribution < -0.4 is 5.11 Å². The quantitative estimate of drug-likeness (QED) is 0.549. The number of hydrogen-bond donors (Lipinski definition) is 0. The van der Waals surface area contributed by atoms with Gasteiger partial charge in [-0.1, -0.05) is 42.5 Å². The highest BCUT2D eigenvalue weighted by molar-refractivity contribution is 7.16. The van der Waals surface area contributed by atoms with Gasteiger partial charge in [0, 0.05) is 0 Å². The van der Waals surface area contributed by atoms with Crippen LogP contribution in [0.4, 0.5) is 0 Å². The smallest absolute Gasteiger partial charge is 0.195 e. The molecule has 1 aromatic heterocycles. The van der Waals surface area contributed by atoms with Gasteiger partial charge in [0.1, 0.15) is 0 Å². The minimum Gasteiger partial charge on any atom is -0.544 e. The van der Waals surface area contributed by atoms with Gasteiger partial charge in [-0.3, -0.25) is 4.79 Å². The molecule has 0 amide bonds. The standard InChI is InChI=1S/C18H12O3S/c19-15(16-9-10-17(22-16)18(20)21)8-6-12-5-7-13-3-1-2-4-14(13)11-12/h1-11H,(H,20,21)/p-1/b8-6+. The van der Waals surface area contributed by atoms with Crippen LogP contribution in [-0.4, -0.2) is 11.8 Å². The van der Waals surface area contributed by atoms with Crippen LogP contribution in [0.2, 0.25) is 0 Å². The van der Waals surface area contributed by atoms with Crippen molar-refractivity contribution in [1.29, 1.82) is 0 Å². The van der Waals surface area contributed by atoms with Gasteiger partial charge in [0.2, 0.25) is 0 Å². The molecule has 3 rings (SSSR count). The fourth-order valence-corrected chi connectivity index (χ4v) is 2.91. The van der Waals surface area contributed by atoms with E-state index >= 15 is 0 Å². The van der Waals surface area contributed by atoms with Crippen LogP contribution >= 0.6 is 11.3 Å². The molecule has 3 nitrogen and oxygen atoms in total. The van der Waals surface area contributed by atoms with E-state index in [1.807, 2.05) is 42.5 Å². The van der Waals surface area contributed by atoms with E-state index in [2.05, 4.69) is 0 Å². The Morgan fingerprint density at radius 1 is 0.909 bits per heavy atom. The minimum atomic E-state index is -1.26. The Bertz CT molecular complexity index is 890. The molecule has 4 heteroatoms. The van der Waals surface area contributed by atoms with Crippen LogP contribution in [0.15, 0.2) is 60.7 Å². The van der Waals surface area contributed by atoms with Crippen molar-refractivity contribution >= 4 is 39.9 Å². The number of carbonyl (C=O) groups excluding carboxylic acids is 2. The summed E-state index contributed by atoms with van der Waals surface area (Å²) in [6, 6.07) is 16.8. The molecule has 0 aliphatic heterocycles. The maximum absolute atomic E-state index is 12.0. The van der Waals surface area contributed by atoms with E-state index in [9.17, 15) is 14.7 Å². The molecule has 0 atom stereocenters. The summed E-state index contributed by atoms with van der Waals surface area (Å²) in [4.78, 5) is 23.2. The summed E-state index contributed by atoms with van der Waals surface area (Å²) in [6.45, 7) is 0. The first kappa shape index (κ1) is 14.2. The van der Waals surface area contributed by atoms with Gasteiger partial charge >= 0.3 is 0 Å². The molecule has 0 radical (unpaired) electrons. The number of benzene rings is 2. The SMILES string of the molecule is O=C([O-])c1ccc(C(=O)/C=C/c2ccc3ccccc3c2)s1. The van der Waals surface area contributed by atoms with Crippen molar-refractivity contribution in [3.05, 3.63) is 76.0 Å². The number of thiophene rings is 1. The van der Waals surface area contributed by atoms with Crippen LogP contribution in [0, 0.1) is 0 Å². The van der Waals surface area contributed by atoms with Crippen LogP contribution in [0.3, 0.4) is 0 Å². The number of hydrogen-bond acceptors (Lipinski definition) is 4. The summed E-state index contributed by atoms with van der Waals surface area (Å²) < 4.78 is 0. The maximum atomic E-state index is 12.0. The zero-order valence-corrected chi connectivity index (χ0v) is 12.3. The molecule has 108 valence electrons. The van der Waals surface area contributed by atoms with Crippen molar-refractivity contribution in [3.63, 3.8) is 0 Å². The zero-order valence-electron chi connectivity index (χ0n) is 11.5. The lowest BCUT2D eigenvalue weighted by Gasteiger charge is -1.99. The zero-order chi connectivity index (χ0) is 15.5. The topological polar surface area (TPSA) is 57.2 Å². The molecule has 0 N–H and O–H groups in total. The van der Waals surface area contributed by atoms with E-state index in [1.165, 1.54) is 18.2 Å². The highest BCUT2D eigenvalue weighted by Crippen LogP contribution is 2.19. The van der Waals surface area contributed by atoms with Gasteiger partial charge in [0.25, 0.3) is 0 Å². The molecule has 1 heterocycles. The third-order valence-corrected chi connectivity index (χ3v) is 4.33. The van der Waals surface area contributed by atoms with Crippen molar-refractivity contribution in [2.24, 2.45) is 0 Å². The number of allylic oxidation sites excluding steroid dienone is 1. The lowest BCUT2D eigenvalue weighted by Crippen LogP contribution is -2.20. The molecular weight excluding hydrogens is 296 g/mol. The fraction of sp³-hybridized carbons (Fsp3) is 0. The number of aromatic carboxylic acids is 1. The van der Waals surface area contributed by atoms with Gasteiger partial charge in [-0.25, -0.2) is 0 Å². The van der Waals surface area contributed by atoms with E-state index in [1.54, 1.807) is 6.08 Å². The molecular formula is C18H11O3S-. The van der Waals surface area contributed by atoms with Gasteiger partial charge in [0.05, 0.1) is 15.7 Å². The van der Waals surface area contributed by atoms with Crippen LogP contribution in [-0.2, 0) is 0 Å². The summed E-state index contributed by atoms with van der Waals surface area (Å²) in [7, 11) is 0. The van der Waals surface area contributed by atoms with E-state index in [0.717, 1.165) is 27.7 Å². The van der Waals surface area contributed by atoms with Gasteiger partial charge in [-0.2, -0.15) is 0 Å². The molecule has 0 saturated heterocycles. The first-order valence-electron chi connectivity index (χ1n) is 6.66. The first-order valence-corrected chi connectivity index (χ1v) is 7.47. The predicted octanol–water partition coefficient (Wildman–Crippen LogP) is 3.16. The Labute approximate surface area is 131 Å². The number of ketones is 1. The molecule has 22 heavy (non-hydrogen) atoms. The molecule has 3 aromatic rings. The lowest BCUT2D eigenvalue weighted by molar-refractivity contribution is -0.254.